The van der Waals surface area contributed by atoms with E-state index in [9.17, 15) is 29.1 Å². The second-order valence-corrected chi connectivity index (χ2v) is 11.8. The molecule has 0 saturated carbocycles. The van der Waals surface area contributed by atoms with Gasteiger partial charge in [-0.15, -0.1) is 0 Å². The number of carbonyl (C=O) groups is 5. The lowest BCUT2D eigenvalue weighted by atomic mass is 10.0. The van der Waals surface area contributed by atoms with E-state index in [1.54, 1.807) is 92.7 Å². The van der Waals surface area contributed by atoms with Crippen molar-refractivity contribution in [2.24, 2.45) is 5.92 Å². The number of amides is 3. The maximum Gasteiger partial charge on any atom is 0.305 e. The maximum absolute atomic E-state index is 13.9. The number of halogens is 2. The summed E-state index contributed by atoms with van der Waals surface area (Å²) >= 11 is 12.5. The van der Waals surface area contributed by atoms with Gasteiger partial charge >= 0.3 is 5.97 Å². The van der Waals surface area contributed by atoms with E-state index in [0.717, 1.165) is 0 Å². The van der Waals surface area contributed by atoms with Crippen LogP contribution in [0.1, 0.15) is 46.9 Å². The molecule has 11 nitrogen and oxygen atoms in total. The molecule has 0 unspecified atom stereocenters. The van der Waals surface area contributed by atoms with Gasteiger partial charge in [0.05, 0.1) is 34.8 Å². The van der Waals surface area contributed by atoms with Crippen LogP contribution in [0.15, 0.2) is 89.5 Å². The Hall–Kier alpha value is -5.00. The third kappa shape index (κ3) is 9.27. The predicted molar refractivity (Wildman–Crippen MR) is 175 cm³/mol. The number of benzene rings is 3. The van der Waals surface area contributed by atoms with E-state index in [0.29, 0.717) is 11.1 Å². The van der Waals surface area contributed by atoms with Crippen LogP contribution in [0.5, 0.6) is 0 Å². The van der Waals surface area contributed by atoms with Crippen molar-refractivity contribution < 1.29 is 33.5 Å². The average molecular weight is 680 g/mol. The highest BCUT2D eigenvalue weighted by molar-refractivity contribution is 6.39. The number of oxazole rings is 1. The minimum absolute atomic E-state index is 0.00322. The Labute approximate surface area is 280 Å². The molecule has 0 aliphatic carbocycles. The second kappa shape index (κ2) is 16.0. The van der Waals surface area contributed by atoms with Crippen molar-refractivity contribution in [1.82, 2.24) is 20.5 Å². The molecule has 3 N–H and O–H groups in total. The van der Waals surface area contributed by atoms with E-state index < -0.39 is 60.4 Å². The lowest BCUT2D eigenvalue weighted by Gasteiger charge is -2.30. The molecule has 3 amide bonds. The number of aliphatic carboxylic acids is 1. The van der Waals surface area contributed by atoms with Gasteiger partial charge in [0.2, 0.25) is 17.6 Å². The van der Waals surface area contributed by atoms with Crippen LogP contribution in [-0.2, 0) is 20.9 Å². The zero-order valence-electron chi connectivity index (χ0n) is 25.5. The van der Waals surface area contributed by atoms with Crippen molar-refractivity contribution in [3.05, 3.63) is 112 Å². The van der Waals surface area contributed by atoms with Crippen LogP contribution in [0.2, 0.25) is 10.0 Å². The molecule has 3 aromatic carbocycles. The fraction of sp³-hybridized carbons (Fsp3) is 0.235. The van der Waals surface area contributed by atoms with Gasteiger partial charge in [-0.1, -0.05) is 91.6 Å². The lowest BCUT2D eigenvalue weighted by Crippen LogP contribution is -2.54. The first-order chi connectivity index (χ1) is 22.4. The monoisotopic (exact) mass is 678 g/mol. The van der Waals surface area contributed by atoms with E-state index in [1.165, 1.54) is 11.1 Å². The Bertz CT molecular complexity index is 1730. The summed E-state index contributed by atoms with van der Waals surface area (Å²) in [5, 5.41) is 15.2. The van der Waals surface area contributed by atoms with Crippen molar-refractivity contribution >= 4 is 52.7 Å². The summed E-state index contributed by atoms with van der Waals surface area (Å²) in [6.45, 7) is 2.97. The number of rotatable bonds is 14. The predicted octanol–water partition coefficient (Wildman–Crippen LogP) is 5.27. The smallest absolute Gasteiger partial charge is 0.305 e. The standard InChI is InChI=1S/C34H32Cl2N4O7/c1-20(2)30(39-32(45)22-12-7-4-8-13-22)34(46)40(18-21-10-5-3-6-11-21)19-27(41)38-25(16-28(42)43)31(44)33-37-17-26(47-33)29-23(35)14-9-15-24(29)36/h3-15,17,20,25,30H,16,18-19H2,1-2H3,(H,38,41)(H,39,45)(H,42,43)/t25-,30-/m0/s1. The first kappa shape index (κ1) is 34.9. The van der Waals surface area contributed by atoms with Crippen LogP contribution < -0.4 is 10.6 Å². The van der Waals surface area contributed by atoms with E-state index in [2.05, 4.69) is 15.6 Å². The maximum atomic E-state index is 13.9. The fourth-order valence-electron chi connectivity index (χ4n) is 4.72. The molecule has 0 spiro atoms. The molecule has 4 aromatic rings. The summed E-state index contributed by atoms with van der Waals surface area (Å²) in [7, 11) is 0. The molecule has 1 aromatic heterocycles. The minimum Gasteiger partial charge on any atom is -0.481 e. The first-order valence-corrected chi connectivity index (χ1v) is 15.3. The molecule has 1 heterocycles. The number of carbonyl (C=O) groups excluding carboxylic acids is 4. The van der Waals surface area contributed by atoms with Gasteiger partial charge in [0.15, 0.2) is 5.76 Å². The number of hydrogen-bond donors (Lipinski definition) is 3. The number of aromatic nitrogens is 1. The summed E-state index contributed by atoms with van der Waals surface area (Å²) in [4.78, 5) is 70.6. The molecular formula is C34H32Cl2N4O7. The summed E-state index contributed by atoms with van der Waals surface area (Å²) in [6.07, 6.45) is 0.430. The Morgan fingerprint density at radius 3 is 2.09 bits per heavy atom. The van der Waals surface area contributed by atoms with Gasteiger partial charge in [-0.3, -0.25) is 24.0 Å². The van der Waals surface area contributed by atoms with Crippen LogP contribution in [0, 0.1) is 5.92 Å². The number of nitrogens with zero attached hydrogens (tertiary/aromatic N) is 2. The van der Waals surface area contributed by atoms with Gasteiger partial charge in [-0.05, 0) is 35.7 Å². The zero-order chi connectivity index (χ0) is 34.1. The summed E-state index contributed by atoms with van der Waals surface area (Å²) in [5.41, 5.74) is 1.35. The van der Waals surface area contributed by atoms with Crippen LogP contribution >= 0.6 is 23.2 Å². The Balaban J connectivity index is 1.56. The second-order valence-electron chi connectivity index (χ2n) is 10.9. The topological polar surface area (TPSA) is 159 Å². The van der Waals surface area contributed by atoms with Crippen molar-refractivity contribution in [3.63, 3.8) is 0 Å². The van der Waals surface area contributed by atoms with E-state index >= 15 is 0 Å². The molecule has 2 atom stereocenters. The minimum atomic E-state index is -1.58. The number of nitrogens with one attached hydrogen (secondary N) is 2. The summed E-state index contributed by atoms with van der Waals surface area (Å²) in [6, 6.07) is 19.5. The van der Waals surface area contributed by atoms with Crippen LogP contribution in [0.4, 0.5) is 0 Å². The SMILES string of the molecule is CC(C)[C@H](NC(=O)c1ccccc1)C(=O)N(CC(=O)N[C@@H](CC(=O)O)C(=O)c1ncc(-c2c(Cl)cccc2Cl)o1)Cc1ccccc1. The number of ketones is 1. The molecule has 0 aliphatic heterocycles. The molecular weight excluding hydrogens is 647 g/mol. The van der Waals surface area contributed by atoms with E-state index in [1.807, 2.05) is 0 Å². The third-order valence-corrected chi connectivity index (χ3v) is 7.70. The van der Waals surface area contributed by atoms with Crippen LogP contribution in [0.3, 0.4) is 0 Å². The van der Waals surface area contributed by atoms with Gasteiger partial charge < -0.3 is 25.1 Å². The number of carboxylic acid groups (broad SMARTS) is 1. The Kier molecular flexibility index (Phi) is 11.9. The molecule has 244 valence electrons. The highest BCUT2D eigenvalue weighted by Gasteiger charge is 2.33. The van der Waals surface area contributed by atoms with Gasteiger partial charge in [0, 0.05) is 12.1 Å². The number of carboxylic acids is 1. The fourth-order valence-corrected chi connectivity index (χ4v) is 5.31. The molecule has 0 saturated heterocycles. The molecule has 47 heavy (non-hydrogen) atoms. The summed E-state index contributed by atoms with van der Waals surface area (Å²) in [5.74, 6) is -4.85. The molecule has 4 rings (SSSR count). The van der Waals surface area contributed by atoms with E-state index in [-0.39, 0.29) is 33.8 Å². The number of Topliss-reactive ketones (excluding diaryl/α,β-unsaturated/α-hetero) is 1. The van der Waals surface area contributed by atoms with Crippen molar-refractivity contribution in [2.75, 3.05) is 6.54 Å². The van der Waals surface area contributed by atoms with Gasteiger partial charge in [-0.25, -0.2) is 4.98 Å². The zero-order valence-corrected chi connectivity index (χ0v) is 27.0. The van der Waals surface area contributed by atoms with E-state index in [4.69, 9.17) is 27.6 Å². The van der Waals surface area contributed by atoms with Gasteiger partial charge in [0.1, 0.15) is 12.1 Å². The summed E-state index contributed by atoms with van der Waals surface area (Å²) < 4.78 is 5.59. The first-order valence-electron chi connectivity index (χ1n) is 14.6. The quantitative estimate of drug-likeness (QED) is 0.152. The lowest BCUT2D eigenvalue weighted by molar-refractivity contribution is -0.140. The molecule has 0 bridgehead atoms. The Morgan fingerprint density at radius 1 is 0.872 bits per heavy atom. The van der Waals surface area contributed by atoms with Gasteiger partial charge in [-0.2, -0.15) is 0 Å². The molecule has 0 fully saturated rings. The van der Waals surface area contributed by atoms with Crippen molar-refractivity contribution in [2.45, 2.75) is 38.9 Å². The van der Waals surface area contributed by atoms with Crippen molar-refractivity contribution in [1.29, 1.82) is 0 Å². The molecule has 0 radical (unpaired) electrons. The highest BCUT2D eigenvalue weighted by Crippen LogP contribution is 2.35. The number of hydrogen-bond acceptors (Lipinski definition) is 7. The molecule has 0 aliphatic rings. The van der Waals surface area contributed by atoms with Crippen LogP contribution in [-0.4, -0.2) is 63.1 Å². The van der Waals surface area contributed by atoms with Crippen LogP contribution in [0.25, 0.3) is 11.3 Å². The normalized spacial score (nSPS) is 12.2. The molecule has 13 heteroatoms. The average Bonchev–Trinajstić information content (AvgIpc) is 3.52. The highest BCUT2D eigenvalue weighted by atomic mass is 35.5. The largest absolute Gasteiger partial charge is 0.481 e. The Morgan fingerprint density at radius 2 is 1.49 bits per heavy atom. The van der Waals surface area contributed by atoms with Crippen molar-refractivity contribution in [3.8, 4) is 11.3 Å². The third-order valence-electron chi connectivity index (χ3n) is 7.07. The van der Waals surface area contributed by atoms with Gasteiger partial charge in [0.25, 0.3) is 11.8 Å².